The van der Waals surface area contributed by atoms with Crippen LogP contribution in [0.25, 0.3) is 0 Å². The first-order valence-electron chi connectivity index (χ1n) is 10.6. The van der Waals surface area contributed by atoms with Gasteiger partial charge in [-0.25, -0.2) is 0 Å². The topological polar surface area (TPSA) is 15.3 Å². The van der Waals surface area contributed by atoms with E-state index in [1.165, 1.54) is 42.5 Å². The lowest BCUT2D eigenvalue weighted by Crippen LogP contribution is -2.51. The molecule has 0 aromatic heterocycles. The van der Waals surface area contributed by atoms with E-state index in [1.807, 2.05) is 0 Å². The number of piperidine rings is 1. The van der Waals surface area contributed by atoms with Crippen LogP contribution in [0, 0.1) is 11.3 Å². The van der Waals surface area contributed by atoms with E-state index in [1.54, 1.807) is 0 Å². The van der Waals surface area contributed by atoms with Crippen LogP contribution < -0.4 is 10.2 Å². The van der Waals surface area contributed by atoms with Gasteiger partial charge in [0.05, 0.1) is 0 Å². The Labute approximate surface area is 165 Å². The first-order valence-corrected chi connectivity index (χ1v) is 10.6. The molecule has 1 fully saturated rings. The predicted molar refractivity (Wildman–Crippen MR) is 115 cm³/mol. The minimum atomic E-state index is 0.374. The second-order valence-corrected chi connectivity index (χ2v) is 9.41. The summed E-state index contributed by atoms with van der Waals surface area (Å²) < 4.78 is 0. The van der Waals surface area contributed by atoms with Crippen molar-refractivity contribution in [1.82, 2.24) is 5.32 Å². The molecular weight excluding hydrogens is 328 g/mol. The third kappa shape index (κ3) is 4.06. The normalized spacial score (nSPS) is 24.6. The largest absolute Gasteiger partial charge is 0.368 e. The number of benzene rings is 2. The van der Waals surface area contributed by atoms with Crippen LogP contribution in [-0.2, 0) is 12.8 Å². The number of hydrogen-bond donors (Lipinski definition) is 1. The number of nitrogens with zero attached hydrogens (tertiary/aromatic N) is 1. The van der Waals surface area contributed by atoms with E-state index in [2.05, 4.69) is 85.6 Å². The van der Waals surface area contributed by atoms with Gasteiger partial charge in [0, 0.05) is 24.3 Å². The number of hydrogen-bond acceptors (Lipinski definition) is 2. The van der Waals surface area contributed by atoms with Crippen LogP contribution in [0.3, 0.4) is 0 Å². The van der Waals surface area contributed by atoms with Gasteiger partial charge in [0.25, 0.3) is 0 Å². The van der Waals surface area contributed by atoms with Gasteiger partial charge in [-0.15, -0.1) is 0 Å². The molecule has 0 saturated carbocycles. The Hall–Kier alpha value is -1.80. The van der Waals surface area contributed by atoms with Crippen LogP contribution in [0.15, 0.2) is 54.6 Å². The van der Waals surface area contributed by atoms with Crippen molar-refractivity contribution < 1.29 is 0 Å². The molecular formula is C25H34N2. The predicted octanol–water partition coefficient (Wildman–Crippen LogP) is 5.07. The fourth-order valence-electron chi connectivity index (χ4n) is 5.39. The Morgan fingerprint density at radius 2 is 1.59 bits per heavy atom. The van der Waals surface area contributed by atoms with Gasteiger partial charge in [0.1, 0.15) is 0 Å². The fraction of sp³-hybridized carbons (Fsp3) is 0.520. The lowest BCUT2D eigenvalue weighted by molar-refractivity contribution is 0.134. The molecule has 2 aromatic rings. The molecule has 1 heterocycles. The lowest BCUT2D eigenvalue weighted by Gasteiger charge is -2.44. The first-order chi connectivity index (χ1) is 13.0. The summed E-state index contributed by atoms with van der Waals surface area (Å²) in [4.78, 5) is 2.68. The Balaban J connectivity index is 1.50. The van der Waals surface area contributed by atoms with Crippen molar-refractivity contribution in [2.45, 2.75) is 58.5 Å². The van der Waals surface area contributed by atoms with Crippen molar-refractivity contribution >= 4 is 5.69 Å². The van der Waals surface area contributed by atoms with Gasteiger partial charge in [-0.05, 0) is 66.8 Å². The standard InChI is InChI=1S/C25H34N2/c1-19-17-25(2,3)24(26-18-19)13-14-27(22-11-5-4-6-12-22)23-15-20-9-7-8-10-21(20)16-23/h4-12,19,23-24,26H,13-18H2,1-3H3. The van der Waals surface area contributed by atoms with Gasteiger partial charge in [-0.2, -0.15) is 0 Å². The van der Waals surface area contributed by atoms with Crippen molar-refractivity contribution in [3.63, 3.8) is 0 Å². The summed E-state index contributed by atoms with van der Waals surface area (Å²) in [5.74, 6) is 0.783. The molecule has 0 bridgehead atoms. The second-order valence-electron chi connectivity index (χ2n) is 9.41. The van der Waals surface area contributed by atoms with Crippen molar-refractivity contribution in [2.75, 3.05) is 18.0 Å². The highest BCUT2D eigenvalue weighted by Gasteiger charge is 2.35. The molecule has 0 amide bonds. The molecule has 27 heavy (non-hydrogen) atoms. The Kier molecular flexibility index (Phi) is 5.27. The Bertz CT molecular complexity index is 727. The van der Waals surface area contributed by atoms with Gasteiger partial charge >= 0.3 is 0 Å². The van der Waals surface area contributed by atoms with Crippen LogP contribution in [0.2, 0.25) is 0 Å². The molecule has 2 unspecified atom stereocenters. The zero-order chi connectivity index (χ0) is 18.9. The van der Waals surface area contributed by atoms with Crippen LogP contribution in [0.5, 0.6) is 0 Å². The third-order valence-corrected chi connectivity index (χ3v) is 6.75. The highest BCUT2D eigenvalue weighted by Crippen LogP contribution is 2.35. The molecule has 1 N–H and O–H groups in total. The molecule has 2 aliphatic rings. The van der Waals surface area contributed by atoms with E-state index in [4.69, 9.17) is 0 Å². The third-order valence-electron chi connectivity index (χ3n) is 6.75. The molecule has 144 valence electrons. The summed E-state index contributed by atoms with van der Waals surface area (Å²) in [6.45, 7) is 9.54. The number of para-hydroxylation sites is 1. The zero-order valence-corrected chi connectivity index (χ0v) is 17.1. The van der Waals surface area contributed by atoms with Crippen LogP contribution in [-0.4, -0.2) is 25.2 Å². The summed E-state index contributed by atoms with van der Waals surface area (Å²) in [7, 11) is 0. The number of fused-ring (bicyclic) bond motifs is 1. The summed E-state index contributed by atoms with van der Waals surface area (Å²) in [6.07, 6.45) is 4.87. The smallest absolute Gasteiger partial charge is 0.0370 e. The summed E-state index contributed by atoms with van der Waals surface area (Å²) in [6, 6.07) is 21.2. The molecule has 1 saturated heterocycles. The lowest BCUT2D eigenvalue weighted by atomic mass is 9.73. The monoisotopic (exact) mass is 362 g/mol. The van der Waals surface area contributed by atoms with E-state index in [-0.39, 0.29) is 0 Å². The van der Waals surface area contributed by atoms with Gasteiger partial charge in [-0.1, -0.05) is 63.2 Å². The van der Waals surface area contributed by atoms with Crippen molar-refractivity contribution in [3.8, 4) is 0 Å². The summed E-state index contributed by atoms with van der Waals surface area (Å²) >= 11 is 0. The number of anilines is 1. The molecule has 1 aliphatic heterocycles. The van der Waals surface area contributed by atoms with E-state index < -0.39 is 0 Å². The van der Waals surface area contributed by atoms with Crippen molar-refractivity contribution in [3.05, 3.63) is 65.7 Å². The SMILES string of the molecule is CC1CNC(CCN(c2ccccc2)C2Cc3ccccc3C2)C(C)(C)C1. The first kappa shape index (κ1) is 18.6. The highest BCUT2D eigenvalue weighted by atomic mass is 15.2. The molecule has 1 aliphatic carbocycles. The number of rotatable bonds is 5. The van der Waals surface area contributed by atoms with Gasteiger partial charge in [-0.3, -0.25) is 0 Å². The van der Waals surface area contributed by atoms with Gasteiger partial charge < -0.3 is 10.2 Å². The maximum atomic E-state index is 3.85. The van der Waals surface area contributed by atoms with E-state index in [0.29, 0.717) is 17.5 Å². The van der Waals surface area contributed by atoms with Gasteiger partial charge in [0.15, 0.2) is 0 Å². The summed E-state index contributed by atoms with van der Waals surface area (Å²) in [5, 5.41) is 3.85. The Morgan fingerprint density at radius 3 is 2.22 bits per heavy atom. The van der Waals surface area contributed by atoms with E-state index in [0.717, 1.165) is 19.0 Å². The molecule has 2 heteroatoms. The molecule has 0 spiro atoms. The maximum Gasteiger partial charge on any atom is 0.0370 e. The minimum Gasteiger partial charge on any atom is -0.368 e. The molecule has 2 aromatic carbocycles. The maximum absolute atomic E-state index is 3.85. The Morgan fingerprint density at radius 1 is 0.963 bits per heavy atom. The molecule has 4 rings (SSSR count). The van der Waals surface area contributed by atoms with E-state index >= 15 is 0 Å². The fourth-order valence-corrected chi connectivity index (χ4v) is 5.39. The van der Waals surface area contributed by atoms with Crippen LogP contribution in [0.4, 0.5) is 5.69 Å². The highest BCUT2D eigenvalue weighted by molar-refractivity contribution is 5.49. The zero-order valence-electron chi connectivity index (χ0n) is 17.1. The van der Waals surface area contributed by atoms with Crippen LogP contribution in [0.1, 0.15) is 44.7 Å². The van der Waals surface area contributed by atoms with E-state index in [9.17, 15) is 0 Å². The average molecular weight is 363 g/mol. The summed E-state index contributed by atoms with van der Waals surface area (Å²) in [5.41, 5.74) is 4.82. The van der Waals surface area contributed by atoms with Crippen molar-refractivity contribution in [2.24, 2.45) is 11.3 Å². The minimum absolute atomic E-state index is 0.374. The number of nitrogens with one attached hydrogen (secondary N) is 1. The molecule has 2 nitrogen and oxygen atoms in total. The second kappa shape index (κ2) is 7.67. The molecule has 0 radical (unpaired) electrons. The quantitative estimate of drug-likeness (QED) is 0.798. The van der Waals surface area contributed by atoms with Crippen LogP contribution >= 0.6 is 0 Å². The van der Waals surface area contributed by atoms with Gasteiger partial charge in [0.2, 0.25) is 0 Å². The van der Waals surface area contributed by atoms with Crippen molar-refractivity contribution in [1.29, 1.82) is 0 Å². The average Bonchev–Trinajstić information content (AvgIpc) is 3.07. The molecule has 2 atom stereocenters.